The number of rotatable bonds is 8. The molecule has 0 unspecified atom stereocenters. The highest BCUT2D eigenvalue weighted by Gasteiger charge is 2.31. The summed E-state index contributed by atoms with van der Waals surface area (Å²) in [6, 6.07) is 82.1. The molecule has 4 nitrogen and oxygen atoms in total. The number of aryl methyl sites for hydroxylation is 6. The van der Waals surface area contributed by atoms with E-state index >= 15 is 0 Å². The topological polar surface area (TPSA) is 15.3 Å². The second-order valence-electron chi connectivity index (χ2n) is 21.3. The van der Waals surface area contributed by atoms with Gasteiger partial charge in [0.25, 0.3) is 0 Å². The molecule has 15 aromatic rings. The van der Waals surface area contributed by atoms with Gasteiger partial charge >= 0.3 is 0 Å². The Morgan fingerprint density at radius 3 is 1.04 bits per heavy atom. The quantitative estimate of drug-likeness (QED) is 0.151. The van der Waals surface area contributed by atoms with E-state index in [9.17, 15) is 0 Å². The maximum atomic E-state index is 2.64. The lowest BCUT2D eigenvalue weighted by Gasteiger charge is -2.28. The van der Waals surface area contributed by atoms with E-state index in [-0.39, 0.29) is 0 Å². The van der Waals surface area contributed by atoms with E-state index in [1.54, 1.807) is 0 Å². The van der Waals surface area contributed by atoms with Crippen LogP contribution >= 0.6 is 0 Å². The Kier molecular flexibility index (Phi) is 9.62. The average Bonchev–Trinajstić information content (AvgIpc) is 4.08. The fourth-order valence-corrected chi connectivity index (χ4v) is 13.4. The van der Waals surface area contributed by atoms with Crippen molar-refractivity contribution in [1.82, 2.24) is 8.80 Å². The van der Waals surface area contributed by atoms with Gasteiger partial charge in [-0.25, -0.2) is 0 Å². The standard InChI is InChI=1S/C72H54N4/c1-43-35-44(2)38-53(37-43)73(61-29-15-13-19-47(61)5)51-31-33-55-57-25-17-27-59-67-66(50-23-11-8-12-24-50)72-68(65(49-21-9-7-10-22-49)71(67)75(69(57)59)63(55)41-51)60-28-18-26-58-56-34-32-52(42-64(56)76(72)70(58)60)74(62-30-16-14-20-48(62)6)54-39-45(3)36-46(4)40-54/h7-42H,1-6H3. The van der Waals surface area contributed by atoms with E-state index < -0.39 is 0 Å². The van der Waals surface area contributed by atoms with Gasteiger partial charge in [0.1, 0.15) is 0 Å². The third kappa shape index (κ3) is 6.37. The van der Waals surface area contributed by atoms with Crippen LogP contribution in [0.25, 0.3) is 98.4 Å². The van der Waals surface area contributed by atoms with E-state index in [0.717, 1.165) is 22.7 Å². The minimum atomic E-state index is 1.12. The molecule has 0 radical (unpaired) electrons. The summed E-state index contributed by atoms with van der Waals surface area (Å²) in [5.41, 5.74) is 26.5. The van der Waals surface area contributed by atoms with E-state index in [2.05, 4.69) is 279 Å². The molecule has 0 fully saturated rings. The van der Waals surface area contributed by atoms with Crippen molar-refractivity contribution in [3.63, 3.8) is 0 Å². The van der Waals surface area contributed by atoms with Gasteiger partial charge in [0.15, 0.2) is 0 Å². The molecule has 0 aliphatic carbocycles. The Morgan fingerprint density at radius 2 is 0.645 bits per heavy atom. The van der Waals surface area contributed by atoms with Crippen LogP contribution in [0.15, 0.2) is 218 Å². The second kappa shape index (κ2) is 16.6. The number of benzene rings is 11. The van der Waals surface area contributed by atoms with Crippen LogP contribution in [0.5, 0.6) is 0 Å². The van der Waals surface area contributed by atoms with E-state index in [4.69, 9.17) is 0 Å². The van der Waals surface area contributed by atoms with Crippen LogP contribution in [0.2, 0.25) is 0 Å². The van der Waals surface area contributed by atoms with Crippen molar-refractivity contribution in [3.8, 4) is 22.3 Å². The molecule has 362 valence electrons. The number of aromatic nitrogens is 2. The highest BCUT2D eigenvalue weighted by atomic mass is 15.2. The summed E-state index contributed by atoms with van der Waals surface area (Å²) in [6.45, 7) is 13.3. The van der Waals surface area contributed by atoms with Crippen LogP contribution in [0, 0.1) is 41.5 Å². The van der Waals surface area contributed by atoms with Gasteiger partial charge < -0.3 is 18.6 Å². The Labute approximate surface area is 442 Å². The van der Waals surface area contributed by atoms with Gasteiger partial charge in [0.2, 0.25) is 0 Å². The molecule has 4 heteroatoms. The lowest BCUT2D eigenvalue weighted by Crippen LogP contribution is -2.11. The summed E-state index contributed by atoms with van der Waals surface area (Å²) in [4.78, 5) is 4.92. The summed E-state index contributed by atoms with van der Waals surface area (Å²) in [5, 5.41) is 10.0. The number of nitrogens with zero attached hydrogens (tertiary/aromatic N) is 4. The van der Waals surface area contributed by atoms with Crippen LogP contribution in [0.1, 0.15) is 33.4 Å². The highest BCUT2D eigenvalue weighted by Crippen LogP contribution is 2.55. The van der Waals surface area contributed by atoms with Gasteiger partial charge in [-0.15, -0.1) is 0 Å². The van der Waals surface area contributed by atoms with Crippen molar-refractivity contribution >= 4 is 110 Å². The van der Waals surface area contributed by atoms with Crippen LogP contribution in [0.3, 0.4) is 0 Å². The van der Waals surface area contributed by atoms with Crippen molar-refractivity contribution in [2.75, 3.05) is 9.80 Å². The van der Waals surface area contributed by atoms with E-state index in [1.807, 2.05) is 0 Å². The Morgan fingerprint density at radius 1 is 0.276 bits per heavy atom. The average molecular weight is 975 g/mol. The third-order valence-electron chi connectivity index (χ3n) is 16.3. The molecular formula is C72H54N4. The minimum absolute atomic E-state index is 1.12. The molecule has 4 aromatic heterocycles. The highest BCUT2D eigenvalue weighted by molar-refractivity contribution is 6.38. The number of para-hydroxylation sites is 4. The first kappa shape index (κ1) is 44.1. The fraction of sp³-hybridized carbons (Fsp3) is 0.0833. The molecule has 0 amide bonds. The molecule has 0 saturated carbocycles. The molecule has 0 atom stereocenters. The molecule has 0 aliphatic rings. The predicted octanol–water partition coefficient (Wildman–Crippen LogP) is 20.1. The van der Waals surface area contributed by atoms with Gasteiger partial charge in [0, 0.05) is 88.3 Å². The molecule has 0 spiro atoms. The summed E-state index contributed by atoms with van der Waals surface area (Å²) < 4.78 is 5.28. The predicted molar refractivity (Wildman–Crippen MR) is 324 cm³/mol. The largest absolute Gasteiger partial charge is 0.310 e. The molecule has 15 rings (SSSR count). The lowest BCUT2D eigenvalue weighted by molar-refractivity contribution is 1.23. The maximum absolute atomic E-state index is 2.64. The molecule has 0 aliphatic heterocycles. The molecule has 0 saturated heterocycles. The van der Waals surface area contributed by atoms with Gasteiger partial charge in [-0.1, -0.05) is 158 Å². The number of anilines is 6. The van der Waals surface area contributed by atoms with E-state index in [0.29, 0.717) is 0 Å². The minimum Gasteiger partial charge on any atom is -0.310 e. The zero-order valence-electron chi connectivity index (χ0n) is 43.6. The second-order valence-corrected chi connectivity index (χ2v) is 21.3. The first-order chi connectivity index (χ1) is 37.2. The lowest BCUT2D eigenvalue weighted by atomic mass is 9.89. The normalized spacial score (nSPS) is 12.1. The first-order valence-corrected chi connectivity index (χ1v) is 26.6. The van der Waals surface area contributed by atoms with Crippen molar-refractivity contribution in [2.24, 2.45) is 0 Å². The van der Waals surface area contributed by atoms with Gasteiger partial charge in [-0.3, -0.25) is 0 Å². The zero-order chi connectivity index (χ0) is 51.1. The first-order valence-electron chi connectivity index (χ1n) is 26.6. The zero-order valence-corrected chi connectivity index (χ0v) is 43.6. The number of fused-ring (bicyclic) bond motifs is 12. The summed E-state index contributed by atoms with van der Waals surface area (Å²) in [6.07, 6.45) is 0. The number of hydrogen-bond donors (Lipinski definition) is 0. The van der Waals surface area contributed by atoms with Gasteiger partial charge in [-0.05, 0) is 147 Å². The SMILES string of the molecule is Cc1cc(C)cc(N(c2ccc3c4cccc5c6c(-c7ccccc7)c7c(c(-c8ccccc8)c6n(c3c2)c45)c2cccc3c4ccc(N(c5cc(C)cc(C)c5)c5ccccc5C)cc4n7c32)c2ccccc2C)c1. The smallest absolute Gasteiger partial charge is 0.0634 e. The van der Waals surface area contributed by atoms with E-state index in [1.165, 1.54) is 143 Å². The fourth-order valence-electron chi connectivity index (χ4n) is 13.4. The molecule has 76 heavy (non-hydrogen) atoms. The molecule has 0 bridgehead atoms. The molecule has 4 heterocycles. The van der Waals surface area contributed by atoms with Crippen LogP contribution < -0.4 is 9.80 Å². The monoisotopic (exact) mass is 974 g/mol. The van der Waals surface area contributed by atoms with Crippen molar-refractivity contribution < 1.29 is 0 Å². The number of hydrogen-bond acceptors (Lipinski definition) is 2. The van der Waals surface area contributed by atoms with Gasteiger partial charge in [-0.2, -0.15) is 0 Å². The van der Waals surface area contributed by atoms with Crippen LogP contribution in [0.4, 0.5) is 34.1 Å². The molecular weight excluding hydrogens is 921 g/mol. The Bertz CT molecular complexity index is 4480. The van der Waals surface area contributed by atoms with Crippen molar-refractivity contribution in [2.45, 2.75) is 41.5 Å². The van der Waals surface area contributed by atoms with Crippen LogP contribution in [-0.2, 0) is 0 Å². The molecule has 0 N–H and O–H groups in total. The summed E-state index contributed by atoms with van der Waals surface area (Å²) >= 11 is 0. The summed E-state index contributed by atoms with van der Waals surface area (Å²) in [7, 11) is 0. The van der Waals surface area contributed by atoms with Crippen molar-refractivity contribution in [1.29, 1.82) is 0 Å². The molecule has 11 aromatic carbocycles. The Hall–Kier alpha value is -9.38. The summed E-state index contributed by atoms with van der Waals surface area (Å²) in [5.74, 6) is 0. The van der Waals surface area contributed by atoms with Gasteiger partial charge in [0.05, 0.1) is 33.1 Å². The van der Waals surface area contributed by atoms with Crippen LogP contribution in [-0.4, -0.2) is 8.80 Å². The van der Waals surface area contributed by atoms with Crippen molar-refractivity contribution in [3.05, 3.63) is 252 Å². The maximum Gasteiger partial charge on any atom is 0.0634 e. The third-order valence-corrected chi connectivity index (χ3v) is 16.3. The Balaban J connectivity index is 1.13.